The molecule has 0 saturated carbocycles. The predicted molar refractivity (Wildman–Crippen MR) is 121 cm³/mol. The highest BCUT2D eigenvalue weighted by Gasteiger charge is 2.28. The van der Waals surface area contributed by atoms with Gasteiger partial charge in [-0.25, -0.2) is 0 Å². The normalized spacial score (nSPS) is 15.5. The first-order chi connectivity index (χ1) is 16.3. The number of halogens is 3. The second-order valence-electron chi connectivity index (χ2n) is 7.78. The van der Waals surface area contributed by atoms with E-state index in [0.717, 1.165) is 11.9 Å². The fourth-order valence-electron chi connectivity index (χ4n) is 3.89. The molecule has 3 heterocycles. The van der Waals surface area contributed by atoms with Gasteiger partial charge in [0.05, 0.1) is 23.3 Å². The zero-order chi connectivity index (χ0) is 23.9. The molecular formula is C23H18ClF2N5O3. The molecule has 0 saturated heterocycles. The number of amides is 1. The van der Waals surface area contributed by atoms with Gasteiger partial charge in [0.15, 0.2) is 0 Å². The van der Waals surface area contributed by atoms with Crippen molar-refractivity contribution in [2.45, 2.75) is 25.0 Å². The van der Waals surface area contributed by atoms with Crippen LogP contribution in [0.4, 0.5) is 14.5 Å². The lowest BCUT2D eigenvalue weighted by atomic mass is 10.0. The van der Waals surface area contributed by atoms with Crippen molar-refractivity contribution in [2.75, 3.05) is 11.9 Å². The lowest BCUT2D eigenvalue weighted by Crippen LogP contribution is -2.18. The Balaban J connectivity index is 1.52. The van der Waals surface area contributed by atoms with Crippen molar-refractivity contribution in [3.05, 3.63) is 60.3 Å². The van der Waals surface area contributed by atoms with E-state index in [2.05, 4.69) is 32.2 Å². The predicted octanol–water partition coefficient (Wildman–Crippen LogP) is 5.26. The molecule has 11 heteroatoms. The van der Waals surface area contributed by atoms with Gasteiger partial charge >= 0.3 is 5.57 Å². The topological polar surface area (TPSA) is 91.2 Å². The number of hydrogen-bond donors (Lipinski definition) is 1. The van der Waals surface area contributed by atoms with Gasteiger partial charge in [0.25, 0.3) is 11.9 Å². The van der Waals surface area contributed by atoms with Crippen LogP contribution < -0.4 is 14.8 Å². The highest BCUT2D eigenvalue weighted by Crippen LogP contribution is 2.37. The summed E-state index contributed by atoms with van der Waals surface area (Å²) in [7, 11) is 0. The van der Waals surface area contributed by atoms with Crippen LogP contribution in [0.2, 0.25) is 0 Å². The smallest absolute Gasteiger partial charge is 0.465 e. The second-order valence-corrected chi connectivity index (χ2v) is 8.22. The molecule has 0 radical (unpaired) electrons. The maximum absolute atomic E-state index is 13.1. The van der Waals surface area contributed by atoms with E-state index in [4.69, 9.17) is 16.3 Å². The van der Waals surface area contributed by atoms with Crippen molar-refractivity contribution < 1.29 is 23.0 Å². The number of fused-ring (bicyclic) bond motifs is 3. The molecule has 0 aliphatic carbocycles. The summed E-state index contributed by atoms with van der Waals surface area (Å²) >= 11 is 4.78. The molecule has 0 fully saturated rings. The van der Waals surface area contributed by atoms with Crippen LogP contribution in [0.3, 0.4) is 0 Å². The van der Waals surface area contributed by atoms with Gasteiger partial charge in [-0.1, -0.05) is 0 Å². The Morgan fingerprint density at radius 1 is 1.26 bits per heavy atom. The molecule has 8 nitrogen and oxygen atoms in total. The Kier molecular flexibility index (Phi) is 5.52. The molecule has 5 rings (SSSR count). The quantitative estimate of drug-likeness (QED) is 0.388. The number of nitrogens with zero attached hydrogens (tertiary/aromatic N) is 4. The third-order valence-corrected chi connectivity index (χ3v) is 5.49. The van der Waals surface area contributed by atoms with E-state index in [1.54, 1.807) is 24.4 Å². The van der Waals surface area contributed by atoms with Crippen LogP contribution in [0, 0.1) is 0 Å². The third-order valence-electron chi connectivity index (χ3n) is 5.42. The number of aromatic nitrogens is 4. The summed E-state index contributed by atoms with van der Waals surface area (Å²) in [5, 5.41) is 10.9. The molecule has 1 N–H and O–H groups in total. The van der Waals surface area contributed by atoms with E-state index in [1.807, 2.05) is 10.6 Å². The molecule has 0 bridgehead atoms. The number of nitrogens with one attached hydrogen (secondary N) is 1. The summed E-state index contributed by atoms with van der Waals surface area (Å²) in [6.45, 7) is 2.65. The van der Waals surface area contributed by atoms with Crippen molar-refractivity contribution in [1.29, 1.82) is 0 Å². The fourth-order valence-corrected chi connectivity index (χ4v) is 3.97. The maximum atomic E-state index is 13.1. The number of carbonyl (C=O) groups excluding carboxylic acids is 1. The van der Waals surface area contributed by atoms with Gasteiger partial charge in [-0.05, 0) is 55.5 Å². The molecule has 1 aliphatic rings. The molecule has 1 amide bonds. The van der Waals surface area contributed by atoms with Gasteiger partial charge in [-0.3, -0.25) is 9.36 Å². The Morgan fingerprint density at radius 2 is 2.06 bits per heavy atom. The van der Waals surface area contributed by atoms with Crippen LogP contribution in [0.5, 0.6) is 11.8 Å². The van der Waals surface area contributed by atoms with Crippen LogP contribution in [0.25, 0.3) is 22.3 Å². The van der Waals surface area contributed by atoms with Gasteiger partial charge in [-0.15, -0.1) is 8.78 Å². The van der Waals surface area contributed by atoms with Gasteiger partial charge in [0.2, 0.25) is 0 Å². The monoisotopic (exact) mass is 485 g/mol. The fraction of sp³-hybridized carbons (Fsp3) is 0.217. The SMILES string of the molecule is C[C@@H]1CCOc2nc3cc(C(=O)Nc4ccc(OC(F)(F)Cl)cc4)cc(-c4cccnn4)c3n21. The summed E-state index contributed by atoms with van der Waals surface area (Å²) in [6.07, 6.45) is 2.40. The lowest BCUT2D eigenvalue weighted by Gasteiger charge is -2.23. The van der Waals surface area contributed by atoms with Crippen molar-refractivity contribution in [2.24, 2.45) is 0 Å². The van der Waals surface area contributed by atoms with Crippen LogP contribution in [-0.2, 0) is 0 Å². The molecule has 174 valence electrons. The lowest BCUT2D eigenvalue weighted by molar-refractivity contribution is -0.0964. The Morgan fingerprint density at radius 3 is 2.76 bits per heavy atom. The summed E-state index contributed by atoms with van der Waals surface area (Å²) in [5.41, 5.74) is -0.415. The van der Waals surface area contributed by atoms with Crippen LogP contribution in [-0.4, -0.2) is 37.8 Å². The highest BCUT2D eigenvalue weighted by molar-refractivity contribution is 6.20. The zero-order valence-corrected chi connectivity index (χ0v) is 18.6. The van der Waals surface area contributed by atoms with E-state index < -0.39 is 11.5 Å². The van der Waals surface area contributed by atoms with E-state index in [1.165, 1.54) is 24.3 Å². The van der Waals surface area contributed by atoms with E-state index in [0.29, 0.717) is 40.6 Å². The van der Waals surface area contributed by atoms with Gasteiger partial charge in [-0.2, -0.15) is 15.2 Å². The molecule has 0 spiro atoms. The molecular weight excluding hydrogens is 468 g/mol. The zero-order valence-electron chi connectivity index (χ0n) is 17.8. The number of carbonyl (C=O) groups is 1. The second kappa shape index (κ2) is 8.53. The average molecular weight is 486 g/mol. The minimum Gasteiger partial charge on any atom is -0.465 e. The number of alkyl halides is 3. The van der Waals surface area contributed by atoms with Crippen LogP contribution in [0.15, 0.2) is 54.7 Å². The van der Waals surface area contributed by atoms with Crippen molar-refractivity contribution in [3.8, 4) is 23.0 Å². The summed E-state index contributed by atoms with van der Waals surface area (Å²) in [6, 6.07) is 13.1. The average Bonchev–Trinajstić information content (AvgIpc) is 3.19. The minimum absolute atomic E-state index is 0.137. The number of ether oxygens (including phenoxy) is 2. The summed E-state index contributed by atoms with van der Waals surface area (Å²) < 4.78 is 37.7. The first-order valence-corrected chi connectivity index (χ1v) is 10.8. The van der Waals surface area contributed by atoms with Gasteiger partial charge < -0.3 is 14.8 Å². The molecule has 2 aromatic heterocycles. The van der Waals surface area contributed by atoms with E-state index in [-0.39, 0.29) is 11.8 Å². The van der Waals surface area contributed by atoms with Gasteiger partial charge in [0.1, 0.15) is 5.75 Å². The standard InChI is InChI=1S/C23H18ClF2N5O3/c1-13-8-10-33-22-29-19-12-14(11-17(20(19)31(13)22)18-3-2-9-27-30-18)21(32)28-15-4-6-16(7-5-15)34-23(24,25)26/h2-7,9,11-13H,8,10H2,1H3,(H,28,32)/t13-/m1/s1. The largest absolute Gasteiger partial charge is 0.487 e. The summed E-state index contributed by atoms with van der Waals surface area (Å²) in [4.78, 5) is 17.7. The Bertz CT molecular complexity index is 1360. The molecule has 1 atom stereocenters. The van der Waals surface area contributed by atoms with Crippen molar-refractivity contribution >= 4 is 34.2 Å². The first kappa shape index (κ1) is 22.0. The minimum atomic E-state index is -3.82. The van der Waals surface area contributed by atoms with E-state index >= 15 is 0 Å². The van der Waals surface area contributed by atoms with E-state index in [9.17, 15) is 13.6 Å². The Hall–Kier alpha value is -3.79. The number of benzene rings is 2. The van der Waals surface area contributed by atoms with Crippen molar-refractivity contribution in [3.63, 3.8) is 0 Å². The Labute approximate surface area is 197 Å². The molecule has 34 heavy (non-hydrogen) atoms. The molecule has 2 aromatic carbocycles. The van der Waals surface area contributed by atoms with Crippen LogP contribution >= 0.6 is 11.6 Å². The summed E-state index contributed by atoms with van der Waals surface area (Å²) in [5.74, 6) is -0.551. The number of rotatable bonds is 5. The number of anilines is 1. The number of hydrogen-bond acceptors (Lipinski definition) is 6. The third kappa shape index (κ3) is 4.36. The van der Waals surface area contributed by atoms with Crippen LogP contribution in [0.1, 0.15) is 29.7 Å². The number of imidazole rings is 1. The molecule has 4 aromatic rings. The highest BCUT2D eigenvalue weighted by atomic mass is 35.5. The van der Waals surface area contributed by atoms with Crippen molar-refractivity contribution in [1.82, 2.24) is 19.7 Å². The molecule has 0 unspecified atom stereocenters. The maximum Gasteiger partial charge on any atom is 0.487 e. The van der Waals surface area contributed by atoms with Gasteiger partial charge in [0, 0.05) is 47.1 Å². The first-order valence-electron chi connectivity index (χ1n) is 10.4. The molecule has 1 aliphatic heterocycles.